The monoisotopic (exact) mass is 263 g/mol. The van der Waals surface area contributed by atoms with Crippen LogP contribution in [0.15, 0.2) is 36.4 Å². The van der Waals surface area contributed by atoms with E-state index in [4.69, 9.17) is 9.47 Å². The third-order valence-corrected chi connectivity index (χ3v) is 2.70. The Bertz CT molecular complexity index is 412. The number of rotatable bonds is 7. The molecule has 0 amide bonds. The fourth-order valence-electron chi connectivity index (χ4n) is 1.60. The van der Waals surface area contributed by atoms with Crippen molar-refractivity contribution in [3.63, 3.8) is 0 Å². The van der Waals surface area contributed by atoms with Crippen LogP contribution in [0.1, 0.15) is 25.5 Å². The first kappa shape index (κ1) is 15.2. The lowest BCUT2D eigenvalue weighted by Crippen LogP contribution is -2.18. The molecule has 19 heavy (non-hydrogen) atoms. The highest BCUT2D eigenvalue weighted by molar-refractivity contribution is 5.81. The number of carbonyl (C=O) groups excluding carboxylic acids is 1. The van der Waals surface area contributed by atoms with Gasteiger partial charge in [0.05, 0.1) is 13.7 Å². The average Bonchev–Trinajstić information content (AvgIpc) is 2.44. The number of methoxy groups -OCH3 is 1. The van der Waals surface area contributed by atoms with Gasteiger partial charge in [-0.15, -0.1) is 0 Å². The molecule has 0 unspecified atom stereocenters. The highest BCUT2D eigenvalue weighted by Gasteiger charge is 2.03. The quantitative estimate of drug-likeness (QED) is 0.606. The fourth-order valence-corrected chi connectivity index (χ4v) is 1.60. The molecule has 0 saturated carbocycles. The summed E-state index contributed by atoms with van der Waals surface area (Å²) in [6.07, 6.45) is 3.20. The van der Waals surface area contributed by atoms with Crippen LogP contribution in [0.5, 0.6) is 5.75 Å². The lowest BCUT2D eigenvalue weighted by molar-refractivity contribution is -0.137. The number of hydrogen-bond donors (Lipinski definition) is 1. The summed E-state index contributed by atoms with van der Waals surface area (Å²) in [6.45, 7) is 4.88. The SMILES string of the molecule is CCOC(=O)/C=C/CN[C@@H](C)c1ccc(OC)cc1. The fraction of sp³-hybridized carbons (Fsp3) is 0.400. The molecule has 0 bridgehead atoms. The maximum absolute atomic E-state index is 11.1. The van der Waals surface area contributed by atoms with Crippen LogP contribution in [0, 0.1) is 0 Å². The first-order valence-electron chi connectivity index (χ1n) is 6.38. The van der Waals surface area contributed by atoms with E-state index in [0.29, 0.717) is 13.2 Å². The Morgan fingerprint density at radius 1 is 1.37 bits per heavy atom. The third kappa shape index (κ3) is 5.57. The molecule has 0 aliphatic heterocycles. The van der Waals surface area contributed by atoms with Crippen LogP contribution in [0.4, 0.5) is 0 Å². The Morgan fingerprint density at radius 2 is 2.05 bits per heavy atom. The molecule has 0 aliphatic carbocycles. The second-order valence-electron chi connectivity index (χ2n) is 4.06. The maximum Gasteiger partial charge on any atom is 0.330 e. The van der Waals surface area contributed by atoms with Gasteiger partial charge >= 0.3 is 5.97 Å². The standard InChI is InChI=1S/C15H21NO3/c1-4-19-15(17)6-5-11-16-12(2)13-7-9-14(18-3)10-8-13/h5-10,12,16H,4,11H2,1-3H3/b6-5+/t12-/m0/s1. The number of benzene rings is 1. The summed E-state index contributed by atoms with van der Waals surface area (Å²) in [5.74, 6) is 0.541. The highest BCUT2D eigenvalue weighted by atomic mass is 16.5. The van der Waals surface area contributed by atoms with Gasteiger partial charge in [-0.25, -0.2) is 4.79 Å². The molecule has 104 valence electrons. The van der Waals surface area contributed by atoms with E-state index in [2.05, 4.69) is 12.2 Å². The minimum Gasteiger partial charge on any atom is -0.497 e. The van der Waals surface area contributed by atoms with Gasteiger partial charge in [0, 0.05) is 18.7 Å². The molecule has 1 rings (SSSR count). The molecule has 4 heteroatoms. The van der Waals surface area contributed by atoms with Gasteiger partial charge in [-0.2, -0.15) is 0 Å². The second-order valence-corrected chi connectivity index (χ2v) is 4.06. The van der Waals surface area contributed by atoms with Crippen molar-refractivity contribution in [3.8, 4) is 5.75 Å². The Hall–Kier alpha value is -1.81. The summed E-state index contributed by atoms with van der Waals surface area (Å²) in [6, 6.07) is 8.11. The van der Waals surface area contributed by atoms with Gasteiger partial charge in [0.25, 0.3) is 0 Å². The van der Waals surface area contributed by atoms with Crippen LogP contribution < -0.4 is 10.1 Å². The summed E-state index contributed by atoms with van der Waals surface area (Å²) in [5.41, 5.74) is 1.17. The summed E-state index contributed by atoms with van der Waals surface area (Å²) in [7, 11) is 1.65. The largest absolute Gasteiger partial charge is 0.497 e. The summed E-state index contributed by atoms with van der Waals surface area (Å²) in [4.78, 5) is 11.1. The third-order valence-electron chi connectivity index (χ3n) is 2.70. The molecule has 0 radical (unpaired) electrons. The average molecular weight is 263 g/mol. The van der Waals surface area contributed by atoms with E-state index in [-0.39, 0.29) is 12.0 Å². The van der Waals surface area contributed by atoms with Crippen molar-refractivity contribution in [3.05, 3.63) is 42.0 Å². The van der Waals surface area contributed by atoms with Gasteiger partial charge < -0.3 is 14.8 Å². The van der Waals surface area contributed by atoms with Crippen molar-refractivity contribution in [1.82, 2.24) is 5.32 Å². The van der Waals surface area contributed by atoms with Crippen molar-refractivity contribution in [2.75, 3.05) is 20.3 Å². The zero-order valence-corrected chi connectivity index (χ0v) is 11.7. The molecule has 1 aromatic carbocycles. The number of ether oxygens (including phenoxy) is 2. The van der Waals surface area contributed by atoms with Crippen molar-refractivity contribution < 1.29 is 14.3 Å². The Kier molecular flexibility index (Phi) is 6.68. The highest BCUT2D eigenvalue weighted by Crippen LogP contribution is 2.16. The normalized spacial score (nSPS) is 12.4. The van der Waals surface area contributed by atoms with Crippen LogP contribution in [-0.4, -0.2) is 26.2 Å². The van der Waals surface area contributed by atoms with Crippen molar-refractivity contribution in [1.29, 1.82) is 0 Å². The van der Waals surface area contributed by atoms with Crippen molar-refractivity contribution in [2.45, 2.75) is 19.9 Å². The molecule has 1 atom stereocenters. The lowest BCUT2D eigenvalue weighted by Gasteiger charge is -2.13. The predicted molar refractivity (Wildman–Crippen MR) is 75.2 cm³/mol. The van der Waals surface area contributed by atoms with E-state index in [0.717, 1.165) is 5.75 Å². The van der Waals surface area contributed by atoms with E-state index in [9.17, 15) is 4.79 Å². The molecule has 1 aromatic rings. The first-order valence-corrected chi connectivity index (χ1v) is 6.38. The van der Waals surface area contributed by atoms with Crippen LogP contribution in [0.25, 0.3) is 0 Å². The number of nitrogens with one attached hydrogen (secondary N) is 1. The number of hydrogen-bond acceptors (Lipinski definition) is 4. The molecule has 0 saturated heterocycles. The molecule has 0 heterocycles. The first-order chi connectivity index (χ1) is 9.17. The maximum atomic E-state index is 11.1. The molecule has 0 aliphatic rings. The van der Waals surface area contributed by atoms with E-state index in [1.54, 1.807) is 20.1 Å². The van der Waals surface area contributed by atoms with Gasteiger partial charge in [-0.1, -0.05) is 18.2 Å². The minimum absolute atomic E-state index is 0.206. The van der Waals surface area contributed by atoms with E-state index in [1.807, 2.05) is 24.3 Å². The molecule has 1 N–H and O–H groups in total. The zero-order valence-electron chi connectivity index (χ0n) is 11.7. The Labute approximate surface area is 114 Å². The Balaban J connectivity index is 2.38. The van der Waals surface area contributed by atoms with Crippen LogP contribution in [0.2, 0.25) is 0 Å². The number of esters is 1. The summed E-state index contributed by atoms with van der Waals surface area (Å²) >= 11 is 0. The van der Waals surface area contributed by atoms with E-state index >= 15 is 0 Å². The van der Waals surface area contributed by atoms with Crippen molar-refractivity contribution in [2.24, 2.45) is 0 Å². The van der Waals surface area contributed by atoms with Crippen molar-refractivity contribution >= 4 is 5.97 Å². The van der Waals surface area contributed by atoms with E-state index < -0.39 is 0 Å². The van der Waals surface area contributed by atoms with Crippen LogP contribution in [-0.2, 0) is 9.53 Å². The number of carbonyl (C=O) groups is 1. The molecule has 4 nitrogen and oxygen atoms in total. The van der Waals surface area contributed by atoms with Gasteiger partial charge in [0.15, 0.2) is 0 Å². The molecular weight excluding hydrogens is 242 g/mol. The van der Waals surface area contributed by atoms with Crippen LogP contribution >= 0.6 is 0 Å². The Morgan fingerprint density at radius 3 is 2.63 bits per heavy atom. The molecule has 0 aromatic heterocycles. The summed E-state index contributed by atoms with van der Waals surface area (Å²) < 4.78 is 9.91. The molecule has 0 fully saturated rings. The predicted octanol–water partition coefficient (Wildman–Crippen LogP) is 2.47. The van der Waals surface area contributed by atoms with Crippen LogP contribution in [0.3, 0.4) is 0 Å². The topological polar surface area (TPSA) is 47.6 Å². The smallest absolute Gasteiger partial charge is 0.330 e. The minimum atomic E-state index is -0.304. The van der Waals surface area contributed by atoms with Gasteiger partial charge in [-0.3, -0.25) is 0 Å². The van der Waals surface area contributed by atoms with Gasteiger partial charge in [0.2, 0.25) is 0 Å². The zero-order chi connectivity index (χ0) is 14.1. The van der Waals surface area contributed by atoms with Gasteiger partial charge in [-0.05, 0) is 31.5 Å². The van der Waals surface area contributed by atoms with Gasteiger partial charge in [0.1, 0.15) is 5.75 Å². The second kappa shape index (κ2) is 8.32. The lowest BCUT2D eigenvalue weighted by atomic mass is 10.1. The summed E-state index contributed by atoms with van der Waals surface area (Å²) in [5, 5.41) is 3.30. The molecule has 0 spiro atoms. The van der Waals surface area contributed by atoms with E-state index in [1.165, 1.54) is 11.6 Å². The molecular formula is C15H21NO3.